The molecule has 0 radical (unpaired) electrons. The van der Waals surface area contributed by atoms with Gasteiger partial charge in [0.15, 0.2) is 0 Å². The summed E-state index contributed by atoms with van der Waals surface area (Å²) < 4.78 is 5.35. The highest BCUT2D eigenvalue weighted by Crippen LogP contribution is 2.35. The summed E-state index contributed by atoms with van der Waals surface area (Å²) in [7, 11) is 1.69. The van der Waals surface area contributed by atoms with Gasteiger partial charge in [0.2, 0.25) is 0 Å². The number of allylic oxidation sites excluding steroid dienone is 1. The second-order valence-corrected chi connectivity index (χ2v) is 10.4. The maximum atomic E-state index is 12.2. The molecule has 0 spiro atoms. The van der Waals surface area contributed by atoms with Crippen LogP contribution in [0.15, 0.2) is 40.5 Å². The fraction of sp³-hybridized carbons (Fsp3) is 0.586. The van der Waals surface area contributed by atoms with E-state index in [-0.39, 0.29) is 11.6 Å². The van der Waals surface area contributed by atoms with Gasteiger partial charge in [-0.1, -0.05) is 18.6 Å². The number of hydrogen-bond donors (Lipinski definition) is 4. The molecule has 0 aromatic heterocycles. The van der Waals surface area contributed by atoms with Crippen LogP contribution in [-0.4, -0.2) is 78.6 Å². The standard InChI is InChI=1S/C29H42N4O6/c1-19-25(27(34)35)24(26(28(36)37)20(2)32-19)10-4-5-13-30-29(38)31-14-7-15-33-16-11-21(12-17-33)22-8-6-9-23(18-22)39-3/h6,8-9,18,21,24-25H,4-5,7,10-17H2,1-3H3,(H,34,35)(H,36,37)(H2,30,31,38). The van der Waals surface area contributed by atoms with Crippen molar-refractivity contribution in [1.82, 2.24) is 15.5 Å². The molecule has 0 saturated carbocycles. The molecule has 2 heterocycles. The number of piperidine rings is 1. The third kappa shape index (κ3) is 8.54. The molecule has 2 atom stereocenters. The van der Waals surface area contributed by atoms with E-state index in [0.717, 1.165) is 44.6 Å². The van der Waals surface area contributed by atoms with Crippen molar-refractivity contribution in [3.63, 3.8) is 0 Å². The van der Waals surface area contributed by atoms with Crippen LogP contribution in [0.25, 0.3) is 0 Å². The van der Waals surface area contributed by atoms with E-state index in [4.69, 9.17) is 4.74 Å². The zero-order chi connectivity index (χ0) is 28.4. The van der Waals surface area contributed by atoms with Gasteiger partial charge in [-0.15, -0.1) is 0 Å². The zero-order valence-corrected chi connectivity index (χ0v) is 23.2. The number of hydrogen-bond acceptors (Lipinski definition) is 6. The Labute approximate surface area is 230 Å². The highest BCUT2D eigenvalue weighted by Gasteiger charge is 2.39. The number of amides is 2. The number of methoxy groups -OCH3 is 1. The molecular formula is C29H42N4O6. The molecule has 10 heteroatoms. The van der Waals surface area contributed by atoms with Crippen molar-refractivity contribution in [2.75, 3.05) is 39.8 Å². The number of nitrogens with zero attached hydrogens (tertiary/aromatic N) is 2. The van der Waals surface area contributed by atoms with Crippen molar-refractivity contribution < 1.29 is 29.3 Å². The molecule has 2 aliphatic heterocycles. The molecule has 1 aromatic rings. The van der Waals surface area contributed by atoms with Gasteiger partial charge in [-0.3, -0.25) is 9.79 Å². The van der Waals surface area contributed by atoms with E-state index < -0.39 is 23.8 Å². The van der Waals surface area contributed by atoms with Crippen LogP contribution >= 0.6 is 0 Å². The lowest BCUT2D eigenvalue weighted by Crippen LogP contribution is -2.39. The minimum atomic E-state index is -1.13. The van der Waals surface area contributed by atoms with E-state index in [1.54, 1.807) is 21.0 Å². The predicted octanol–water partition coefficient (Wildman–Crippen LogP) is 3.88. The third-order valence-corrected chi connectivity index (χ3v) is 7.77. The summed E-state index contributed by atoms with van der Waals surface area (Å²) in [5.41, 5.74) is 2.20. The molecule has 2 aliphatic rings. The largest absolute Gasteiger partial charge is 0.497 e. The smallest absolute Gasteiger partial charge is 0.333 e. The second kappa shape index (κ2) is 14.7. The van der Waals surface area contributed by atoms with Gasteiger partial charge in [0.25, 0.3) is 0 Å². The molecule has 0 aliphatic carbocycles. The van der Waals surface area contributed by atoms with Crippen LogP contribution in [0, 0.1) is 11.8 Å². The minimum Gasteiger partial charge on any atom is -0.497 e. The summed E-state index contributed by atoms with van der Waals surface area (Å²) >= 11 is 0. The van der Waals surface area contributed by atoms with E-state index in [1.165, 1.54) is 5.56 Å². The molecule has 0 bridgehead atoms. The van der Waals surface area contributed by atoms with Gasteiger partial charge >= 0.3 is 18.0 Å². The van der Waals surface area contributed by atoms with Crippen molar-refractivity contribution in [3.8, 4) is 5.75 Å². The van der Waals surface area contributed by atoms with Crippen molar-refractivity contribution in [2.24, 2.45) is 16.8 Å². The Morgan fingerprint density at radius 3 is 2.38 bits per heavy atom. The number of unbranched alkanes of at least 4 members (excludes halogenated alkanes) is 1. The Morgan fingerprint density at radius 1 is 1.05 bits per heavy atom. The van der Waals surface area contributed by atoms with E-state index in [0.29, 0.717) is 49.7 Å². The molecule has 3 rings (SSSR count). The third-order valence-electron chi connectivity index (χ3n) is 7.77. The number of aliphatic imine (C=N–C) groups is 1. The lowest BCUT2D eigenvalue weighted by molar-refractivity contribution is -0.141. The van der Waals surface area contributed by atoms with Gasteiger partial charge in [-0.25, -0.2) is 9.59 Å². The number of nitrogens with one attached hydrogen (secondary N) is 2. The van der Waals surface area contributed by atoms with Crippen molar-refractivity contribution in [1.29, 1.82) is 0 Å². The first-order chi connectivity index (χ1) is 18.7. The van der Waals surface area contributed by atoms with E-state index in [1.807, 2.05) is 12.1 Å². The number of rotatable bonds is 13. The summed E-state index contributed by atoms with van der Waals surface area (Å²) in [5, 5.41) is 25.0. The van der Waals surface area contributed by atoms with E-state index in [9.17, 15) is 24.6 Å². The number of carbonyl (C=O) groups excluding carboxylic acids is 1. The topological polar surface area (TPSA) is 141 Å². The molecule has 10 nitrogen and oxygen atoms in total. The maximum absolute atomic E-state index is 12.2. The van der Waals surface area contributed by atoms with Crippen molar-refractivity contribution in [3.05, 3.63) is 41.1 Å². The fourth-order valence-corrected chi connectivity index (χ4v) is 5.74. The van der Waals surface area contributed by atoms with Gasteiger partial charge in [-0.2, -0.15) is 0 Å². The molecule has 4 N–H and O–H groups in total. The van der Waals surface area contributed by atoms with Crippen LogP contribution in [0.3, 0.4) is 0 Å². The van der Waals surface area contributed by atoms with Crippen molar-refractivity contribution >= 4 is 23.7 Å². The number of benzene rings is 1. The zero-order valence-electron chi connectivity index (χ0n) is 23.2. The number of aliphatic carboxylic acids is 2. The first kappa shape index (κ1) is 30.1. The van der Waals surface area contributed by atoms with Gasteiger partial charge in [0.1, 0.15) is 11.7 Å². The average molecular weight is 543 g/mol. The minimum absolute atomic E-state index is 0.0724. The van der Waals surface area contributed by atoms with Crippen LogP contribution in [-0.2, 0) is 9.59 Å². The number of carboxylic acid groups (broad SMARTS) is 2. The van der Waals surface area contributed by atoms with Crippen LogP contribution < -0.4 is 15.4 Å². The average Bonchev–Trinajstić information content (AvgIpc) is 2.90. The van der Waals surface area contributed by atoms with Crippen LogP contribution in [0.1, 0.15) is 63.9 Å². The molecule has 214 valence electrons. The monoisotopic (exact) mass is 542 g/mol. The molecule has 1 aromatic carbocycles. The number of carboxylic acids is 2. The summed E-state index contributed by atoms with van der Waals surface area (Å²) in [5.74, 6) is -2.30. The highest BCUT2D eigenvalue weighted by atomic mass is 16.5. The van der Waals surface area contributed by atoms with E-state index >= 15 is 0 Å². The Balaban J connectivity index is 1.29. The maximum Gasteiger partial charge on any atom is 0.333 e. The molecule has 2 unspecified atom stereocenters. The number of ether oxygens (including phenoxy) is 1. The summed E-state index contributed by atoms with van der Waals surface area (Å²) in [4.78, 5) is 42.3. The second-order valence-electron chi connectivity index (χ2n) is 10.4. The molecule has 1 fully saturated rings. The first-order valence-electron chi connectivity index (χ1n) is 13.8. The SMILES string of the molecule is COc1cccc(C2CCN(CCCNC(=O)NCCCCC3C(C(=O)O)=C(C)N=C(C)C3C(=O)O)CC2)c1. The summed E-state index contributed by atoms with van der Waals surface area (Å²) in [6.45, 7) is 7.29. The molecular weight excluding hydrogens is 500 g/mol. The quantitative estimate of drug-likeness (QED) is 0.277. The number of carbonyl (C=O) groups is 3. The predicted molar refractivity (Wildman–Crippen MR) is 149 cm³/mol. The molecule has 2 amide bonds. The Kier molecular flexibility index (Phi) is 11.3. The van der Waals surface area contributed by atoms with Gasteiger partial charge < -0.3 is 30.5 Å². The highest BCUT2D eigenvalue weighted by molar-refractivity contribution is 6.04. The molecule has 1 saturated heterocycles. The normalized spacial score (nSPS) is 20.3. The molecule has 39 heavy (non-hydrogen) atoms. The lowest BCUT2D eigenvalue weighted by Gasteiger charge is -2.32. The summed E-state index contributed by atoms with van der Waals surface area (Å²) in [6, 6.07) is 8.10. The van der Waals surface area contributed by atoms with Crippen LogP contribution in [0.2, 0.25) is 0 Å². The Morgan fingerprint density at radius 2 is 1.74 bits per heavy atom. The van der Waals surface area contributed by atoms with Gasteiger partial charge in [-0.05, 0) is 89.2 Å². The van der Waals surface area contributed by atoms with E-state index in [2.05, 4.69) is 32.7 Å². The first-order valence-corrected chi connectivity index (χ1v) is 13.8. The fourth-order valence-electron chi connectivity index (χ4n) is 5.74. The van der Waals surface area contributed by atoms with Gasteiger partial charge in [0, 0.05) is 30.4 Å². The Hall–Kier alpha value is -3.40. The lowest BCUT2D eigenvalue weighted by atomic mass is 9.77. The van der Waals surface area contributed by atoms with Crippen LogP contribution in [0.5, 0.6) is 5.75 Å². The summed E-state index contributed by atoms with van der Waals surface area (Å²) in [6.07, 6.45) is 4.73. The van der Waals surface area contributed by atoms with Crippen molar-refractivity contribution in [2.45, 2.75) is 58.3 Å². The van der Waals surface area contributed by atoms with Gasteiger partial charge in [0.05, 0.1) is 12.7 Å². The Bertz CT molecular complexity index is 1080. The van der Waals surface area contributed by atoms with Crippen LogP contribution in [0.4, 0.5) is 4.79 Å². The number of urea groups is 1. The number of likely N-dealkylation sites (tertiary alicyclic amines) is 1.